The largest absolute Gasteiger partial charge is 0.449 e. The quantitative estimate of drug-likeness (QED) is 0.876. The Hall–Kier alpha value is -2.76. The van der Waals surface area contributed by atoms with Crippen molar-refractivity contribution in [2.75, 3.05) is 5.32 Å². The first-order valence-electron chi connectivity index (χ1n) is 8.50. The van der Waals surface area contributed by atoms with Gasteiger partial charge in [-0.05, 0) is 42.7 Å². The number of amides is 1. The summed E-state index contributed by atoms with van der Waals surface area (Å²) in [5, 5.41) is 6.21. The van der Waals surface area contributed by atoms with Crippen molar-refractivity contribution in [3.8, 4) is 11.5 Å². The predicted octanol–water partition coefficient (Wildman–Crippen LogP) is 3.09. The Morgan fingerprint density at radius 2 is 2.00 bits per heavy atom. The van der Waals surface area contributed by atoms with Gasteiger partial charge in [0.25, 0.3) is 5.91 Å². The molecule has 25 heavy (non-hydrogen) atoms. The molecule has 2 aromatic rings. The molecule has 2 aliphatic rings. The van der Waals surface area contributed by atoms with Crippen LogP contribution in [0.5, 0.6) is 11.5 Å². The third-order valence-electron chi connectivity index (χ3n) is 4.13. The average molecular weight is 339 g/mol. The van der Waals surface area contributed by atoms with Crippen LogP contribution in [0, 0.1) is 0 Å². The van der Waals surface area contributed by atoms with E-state index in [9.17, 15) is 4.79 Å². The molecule has 6 heteroatoms. The molecule has 0 radical (unpaired) electrons. The van der Waals surface area contributed by atoms with Crippen molar-refractivity contribution in [1.29, 1.82) is 0 Å². The summed E-state index contributed by atoms with van der Waals surface area (Å²) >= 11 is 0. The van der Waals surface area contributed by atoms with Gasteiger partial charge in [0.05, 0.1) is 5.56 Å². The Bertz CT molecular complexity index is 798. The molecule has 0 saturated heterocycles. The zero-order chi connectivity index (χ0) is 17.4. The van der Waals surface area contributed by atoms with E-state index in [1.54, 1.807) is 12.3 Å². The van der Waals surface area contributed by atoms with Crippen LogP contribution in [0.25, 0.3) is 0 Å². The van der Waals surface area contributed by atoms with Crippen LogP contribution in [0.4, 0.5) is 5.82 Å². The van der Waals surface area contributed by atoms with E-state index in [1.807, 2.05) is 38.1 Å². The monoisotopic (exact) mass is 339 g/mol. The molecule has 1 aliphatic heterocycles. The van der Waals surface area contributed by atoms with Gasteiger partial charge in [-0.3, -0.25) is 4.79 Å². The highest BCUT2D eigenvalue weighted by Gasteiger charge is 2.31. The van der Waals surface area contributed by atoms with Crippen LogP contribution in [-0.4, -0.2) is 22.7 Å². The highest BCUT2D eigenvalue weighted by Crippen LogP contribution is 2.39. The Morgan fingerprint density at radius 1 is 1.20 bits per heavy atom. The fraction of sp³-hybridized carbons (Fsp3) is 0.368. The first-order valence-corrected chi connectivity index (χ1v) is 8.50. The van der Waals surface area contributed by atoms with Gasteiger partial charge < -0.3 is 20.1 Å². The van der Waals surface area contributed by atoms with E-state index in [2.05, 4.69) is 15.6 Å². The molecule has 0 spiro atoms. The van der Waals surface area contributed by atoms with Gasteiger partial charge in [0.2, 0.25) is 5.79 Å². The van der Waals surface area contributed by atoms with Crippen LogP contribution in [0.15, 0.2) is 36.5 Å². The van der Waals surface area contributed by atoms with Gasteiger partial charge in [0.1, 0.15) is 5.82 Å². The third kappa shape index (κ3) is 3.68. The molecule has 1 aliphatic carbocycles. The summed E-state index contributed by atoms with van der Waals surface area (Å²) in [6.45, 7) is 4.38. The van der Waals surface area contributed by atoms with E-state index in [0.717, 1.165) is 35.7 Å². The number of ether oxygens (including phenoxy) is 2. The number of aromatic nitrogens is 1. The van der Waals surface area contributed by atoms with Gasteiger partial charge in [0, 0.05) is 32.6 Å². The minimum absolute atomic E-state index is 0.0556. The molecule has 130 valence electrons. The van der Waals surface area contributed by atoms with Gasteiger partial charge in [-0.2, -0.15) is 0 Å². The van der Waals surface area contributed by atoms with Crippen LogP contribution in [-0.2, 0) is 6.54 Å². The van der Waals surface area contributed by atoms with Gasteiger partial charge in [-0.1, -0.05) is 6.07 Å². The number of nitrogens with one attached hydrogen (secondary N) is 2. The minimum Gasteiger partial charge on any atom is -0.449 e. The zero-order valence-corrected chi connectivity index (χ0v) is 14.3. The summed E-state index contributed by atoms with van der Waals surface area (Å²) in [5.74, 6) is 1.57. The molecule has 1 saturated carbocycles. The fourth-order valence-corrected chi connectivity index (χ4v) is 2.70. The molecule has 6 nitrogen and oxygen atoms in total. The first-order chi connectivity index (χ1) is 12.0. The minimum atomic E-state index is -0.618. The summed E-state index contributed by atoms with van der Waals surface area (Å²) in [5.41, 5.74) is 1.65. The molecule has 1 amide bonds. The van der Waals surface area contributed by atoms with Crippen molar-refractivity contribution in [3.05, 3.63) is 47.7 Å². The van der Waals surface area contributed by atoms with Crippen molar-refractivity contribution in [2.24, 2.45) is 0 Å². The summed E-state index contributed by atoms with van der Waals surface area (Å²) in [7, 11) is 0. The van der Waals surface area contributed by atoms with Crippen molar-refractivity contribution in [1.82, 2.24) is 10.3 Å². The lowest BCUT2D eigenvalue weighted by molar-refractivity contribution is -0.0431. The molecule has 0 unspecified atom stereocenters. The van der Waals surface area contributed by atoms with Gasteiger partial charge in [0.15, 0.2) is 11.5 Å². The predicted molar refractivity (Wildman–Crippen MR) is 93.8 cm³/mol. The van der Waals surface area contributed by atoms with Crippen LogP contribution < -0.4 is 20.1 Å². The van der Waals surface area contributed by atoms with Crippen LogP contribution in [0.3, 0.4) is 0 Å². The molecule has 1 aromatic carbocycles. The maximum atomic E-state index is 11.9. The standard InChI is InChI=1S/C19H21N3O3/c1-19(2)24-15-7-3-12(9-16(15)25-19)10-20-17-8-4-13(11-21-17)18(23)22-14-5-6-14/h3-4,7-9,11,14H,5-6,10H2,1-2H3,(H,20,21)(H,22,23). The Morgan fingerprint density at radius 3 is 2.72 bits per heavy atom. The van der Waals surface area contributed by atoms with E-state index in [0.29, 0.717) is 18.2 Å². The van der Waals surface area contributed by atoms with Crippen molar-refractivity contribution < 1.29 is 14.3 Å². The molecule has 0 atom stereocenters. The summed E-state index contributed by atoms with van der Waals surface area (Å²) in [6, 6.07) is 9.83. The molecule has 2 heterocycles. The lowest BCUT2D eigenvalue weighted by atomic mass is 10.2. The Kier molecular flexibility index (Phi) is 3.75. The number of carbonyl (C=O) groups excluding carboxylic acids is 1. The molecule has 0 bridgehead atoms. The smallest absolute Gasteiger partial charge is 0.253 e. The number of hydrogen-bond donors (Lipinski definition) is 2. The van der Waals surface area contributed by atoms with Crippen LogP contribution >= 0.6 is 0 Å². The molecule has 4 rings (SSSR count). The Labute approximate surface area is 146 Å². The lowest BCUT2D eigenvalue weighted by Crippen LogP contribution is -2.29. The fourth-order valence-electron chi connectivity index (χ4n) is 2.70. The average Bonchev–Trinajstić information content (AvgIpc) is 3.33. The zero-order valence-electron chi connectivity index (χ0n) is 14.3. The van der Waals surface area contributed by atoms with Crippen molar-refractivity contribution >= 4 is 11.7 Å². The first kappa shape index (κ1) is 15.7. The topological polar surface area (TPSA) is 72.5 Å². The highest BCUT2D eigenvalue weighted by atomic mass is 16.7. The van der Waals surface area contributed by atoms with Crippen LogP contribution in [0.2, 0.25) is 0 Å². The molecule has 2 N–H and O–H groups in total. The number of rotatable bonds is 5. The normalized spacial score (nSPS) is 17.2. The lowest BCUT2D eigenvalue weighted by Gasteiger charge is -2.16. The number of carbonyl (C=O) groups is 1. The van der Waals surface area contributed by atoms with E-state index in [1.165, 1.54) is 0 Å². The van der Waals surface area contributed by atoms with E-state index < -0.39 is 5.79 Å². The molecule has 1 aromatic heterocycles. The molecule has 1 fully saturated rings. The number of anilines is 1. The maximum Gasteiger partial charge on any atom is 0.253 e. The second-order valence-corrected chi connectivity index (χ2v) is 6.92. The number of pyridine rings is 1. The highest BCUT2D eigenvalue weighted by molar-refractivity contribution is 5.94. The van der Waals surface area contributed by atoms with Crippen LogP contribution in [0.1, 0.15) is 42.6 Å². The van der Waals surface area contributed by atoms with Gasteiger partial charge in [-0.25, -0.2) is 4.98 Å². The van der Waals surface area contributed by atoms with Gasteiger partial charge in [-0.15, -0.1) is 0 Å². The maximum absolute atomic E-state index is 11.9. The second-order valence-electron chi connectivity index (χ2n) is 6.92. The Balaban J connectivity index is 1.36. The summed E-state index contributed by atoms with van der Waals surface area (Å²) in [6.07, 6.45) is 3.75. The number of nitrogens with zero attached hydrogens (tertiary/aromatic N) is 1. The second kappa shape index (κ2) is 5.95. The summed E-state index contributed by atoms with van der Waals surface area (Å²) < 4.78 is 11.4. The third-order valence-corrected chi connectivity index (χ3v) is 4.13. The van der Waals surface area contributed by atoms with Crippen molar-refractivity contribution in [2.45, 2.75) is 45.1 Å². The number of fused-ring (bicyclic) bond motifs is 1. The number of hydrogen-bond acceptors (Lipinski definition) is 5. The van der Waals surface area contributed by atoms with E-state index in [-0.39, 0.29) is 5.91 Å². The number of benzene rings is 1. The van der Waals surface area contributed by atoms with E-state index in [4.69, 9.17) is 9.47 Å². The van der Waals surface area contributed by atoms with E-state index >= 15 is 0 Å². The molecular formula is C19H21N3O3. The van der Waals surface area contributed by atoms with Crippen molar-refractivity contribution in [3.63, 3.8) is 0 Å². The summed E-state index contributed by atoms with van der Waals surface area (Å²) in [4.78, 5) is 16.3. The molecular weight excluding hydrogens is 318 g/mol. The SMILES string of the molecule is CC1(C)Oc2ccc(CNc3ccc(C(=O)NC4CC4)cn3)cc2O1. The van der Waals surface area contributed by atoms with Gasteiger partial charge >= 0.3 is 0 Å².